The van der Waals surface area contributed by atoms with Crippen LogP contribution in [-0.4, -0.2) is 37.6 Å². The highest BCUT2D eigenvalue weighted by Gasteiger charge is 2.15. The van der Waals surface area contributed by atoms with Crippen molar-refractivity contribution in [1.29, 1.82) is 0 Å². The van der Waals surface area contributed by atoms with Crippen LogP contribution in [0, 0.1) is 11.8 Å². The molecular formula is C13H28N2. The van der Waals surface area contributed by atoms with Crippen molar-refractivity contribution in [3.63, 3.8) is 0 Å². The third-order valence-corrected chi connectivity index (χ3v) is 3.45. The van der Waals surface area contributed by atoms with Gasteiger partial charge in [0.15, 0.2) is 0 Å². The summed E-state index contributed by atoms with van der Waals surface area (Å²) in [5, 5.41) is 3.44. The molecule has 1 aliphatic rings. The second-order valence-corrected chi connectivity index (χ2v) is 5.27. The van der Waals surface area contributed by atoms with Crippen LogP contribution in [0.1, 0.15) is 40.0 Å². The number of nitrogens with one attached hydrogen (secondary N) is 1. The first-order valence-electron chi connectivity index (χ1n) is 6.65. The molecule has 0 aromatic heterocycles. The monoisotopic (exact) mass is 212 g/mol. The van der Waals surface area contributed by atoms with E-state index in [1.807, 2.05) is 0 Å². The molecular weight excluding hydrogens is 184 g/mol. The summed E-state index contributed by atoms with van der Waals surface area (Å²) < 4.78 is 0. The first kappa shape index (κ1) is 13.0. The summed E-state index contributed by atoms with van der Waals surface area (Å²) in [6.45, 7) is 13.2. The van der Waals surface area contributed by atoms with Gasteiger partial charge in [0.2, 0.25) is 0 Å². The molecule has 0 saturated carbocycles. The summed E-state index contributed by atoms with van der Waals surface area (Å²) in [5.41, 5.74) is 0. The van der Waals surface area contributed by atoms with Crippen LogP contribution >= 0.6 is 0 Å². The van der Waals surface area contributed by atoms with E-state index in [1.54, 1.807) is 0 Å². The molecule has 2 heteroatoms. The number of piperidine rings is 1. The van der Waals surface area contributed by atoms with E-state index in [-0.39, 0.29) is 0 Å². The van der Waals surface area contributed by atoms with Crippen LogP contribution in [0.25, 0.3) is 0 Å². The van der Waals surface area contributed by atoms with Gasteiger partial charge in [-0.3, -0.25) is 0 Å². The topological polar surface area (TPSA) is 15.3 Å². The lowest BCUT2D eigenvalue weighted by atomic mass is 9.97. The van der Waals surface area contributed by atoms with E-state index in [0.29, 0.717) is 0 Å². The summed E-state index contributed by atoms with van der Waals surface area (Å²) in [7, 11) is 0. The van der Waals surface area contributed by atoms with Gasteiger partial charge in [0.05, 0.1) is 0 Å². The summed E-state index contributed by atoms with van der Waals surface area (Å²) in [4.78, 5) is 2.63. The van der Waals surface area contributed by atoms with Crippen LogP contribution in [0.4, 0.5) is 0 Å². The highest BCUT2D eigenvalue weighted by Crippen LogP contribution is 2.14. The number of nitrogens with zero attached hydrogens (tertiary/aromatic N) is 1. The largest absolute Gasteiger partial charge is 0.317 e. The molecule has 0 atom stereocenters. The van der Waals surface area contributed by atoms with Gasteiger partial charge >= 0.3 is 0 Å². The van der Waals surface area contributed by atoms with Crippen molar-refractivity contribution in [3.8, 4) is 0 Å². The zero-order valence-electron chi connectivity index (χ0n) is 10.8. The van der Waals surface area contributed by atoms with Gasteiger partial charge in [0.1, 0.15) is 0 Å². The van der Waals surface area contributed by atoms with E-state index < -0.39 is 0 Å². The SMILES string of the molecule is CCN(CCC(C)C)CC1CCNCC1. The third-order valence-electron chi connectivity index (χ3n) is 3.45. The molecule has 1 fully saturated rings. The van der Waals surface area contributed by atoms with Crippen molar-refractivity contribution in [2.45, 2.75) is 40.0 Å². The number of rotatable bonds is 6. The molecule has 0 unspecified atom stereocenters. The Labute approximate surface area is 95.4 Å². The summed E-state index contributed by atoms with van der Waals surface area (Å²) in [5.74, 6) is 1.78. The van der Waals surface area contributed by atoms with Gasteiger partial charge in [-0.25, -0.2) is 0 Å². The molecule has 0 aliphatic carbocycles. The Morgan fingerprint density at radius 3 is 2.47 bits per heavy atom. The molecule has 1 heterocycles. The Kier molecular flexibility index (Phi) is 6.26. The Hall–Kier alpha value is -0.0800. The Morgan fingerprint density at radius 2 is 1.93 bits per heavy atom. The maximum Gasteiger partial charge on any atom is 0.00105 e. The lowest BCUT2D eigenvalue weighted by Gasteiger charge is -2.29. The molecule has 1 saturated heterocycles. The van der Waals surface area contributed by atoms with Gasteiger partial charge in [-0.05, 0) is 57.3 Å². The van der Waals surface area contributed by atoms with E-state index in [9.17, 15) is 0 Å². The molecule has 2 nitrogen and oxygen atoms in total. The molecule has 0 aromatic rings. The molecule has 1 aliphatic heterocycles. The van der Waals surface area contributed by atoms with Gasteiger partial charge in [-0.2, -0.15) is 0 Å². The van der Waals surface area contributed by atoms with Gasteiger partial charge in [-0.15, -0.1) is 0 Å². The van der Waals surface area contributed by atoms with Crippen LogP contribution in [0.5, 0.6) is 0 Å². The highest BCUT2D eigenvalue weighted by molar-refractivity contribution is 4.72. The van der Waals surface area contributed by atoms with Crippen molar-refractivity contribution in [3.05, 3.63) is 0 Å². The zero-order chi connectivity index (χ0) is 11.1. The average molecular weight is 212 g/mol. The molecule has 90 valence electrons. The Bertz CT molecular complexity index is 151. The fourth-order valence-corrected chi connectivity index (χ4v) is 2.25. The maximum atomic E-state index is 3.44. The number of hydrogen-bond donors (Lipinski definition) is 1. The Balaban J connectivity index is 2.19. The molecule has 15 heavy (non-hydrogen) atoms. The maximum absolute atomic E-state index is 3.44. The fraction of sp³-hybridized carbons (Fsp3) is 1.00. The van der Waals surface area contributed by atoms with E-state index in [2.05, 4.69) is 31.0 Å². The molecule has 1 rings (SSSR count). The second kappa shape index (κ2) is 7.24. The van der Waals surface area contributed by atoms with Crippen LogP contribution < -0.4 is 5.32 Å². The standard InChI is InChI=1S/C13H28N2/c1-4-15(10-7-12(2)3)11-13-5-8-14-9-6-13/h12-14H,4-11H2,1-3H3. The van der Waals surface area contributed by atoms with E-state index >= 15 is 0 Å². The van der Waals surface area contributed by atoms with Crippen LogP contribution in [0.15, 0.2) is 0 Å². The average Bonchev–Trinajstić information content (AvgIpc) is 2.25. The van der Waals surface area contributed by atoms with Crippen molar-refractivity contribution in [2.24, 2.45) is 11.8 Å². The first-order valence-corrected chi connectivity index (χ1v) is 6.65. The highest BCUT2D eigenvalue weighted by atomic mass is 15.1. The number of hydrogen-bond acceptors (Lipinski definition) is 2. The van der Waals surface area contributed by atoms with E-state index in [4.69, 9.17) is 0 Å². The van der Waals surface area contributed by atoms with Gasteiger partial charge in [0, 0.05) is 6.54 Å². The van der Waals surface area contributed by atoms with Gasteiger partial charge < -0.3 is 10.2 Å². The Morgan fingerprint density at radius 1 is 1.27 bits per heavy atom. The minimum absolute atomic E-state index is 0.840. The molecule has 0 aromatic carbocycles. The summed E-state index contributed by atoms with van der Waals surface area (Å²) in [6.07, 6.45) is 4.09. The predicted octanol–water partition coefficient (Wildman–Crippen LogP) is 2.35. The van der Waals surface area contributed by atoms with Gasteiger partial charge in [0.25, 0.3) is 0 Å². The lowest BCUT2D eigenvalue weighted by molar-refractivity contribution is 0.205. The fourth-order valence-electron chi connectivity index (χ4n) is 2.25. The summed E-state index contributed by atoms with van der Waals surface area (Å²) >= 11 is 0. The molecule has 0 radical (unpaired) electrons. The smallest absolute Gasteiger partial charge is 0.00105 e. The summed E-state index contributed by atoms with van der Waals surface area (Å²) in [6, 6.07) is 0. The zero-order valence-corrected chi connectivity index (χ0v) is 10.8. The first-order chi connectivity index (χ1) is 7.22. The van der Waals surface area contributed by atoms with Crippen molar-refractivity contribution < 1.29 is 0 Å². The third kappa shape index (κ3) is 5.53. The quantitative estimate of drug-likeness (QED) is 0.727. The second-order valence-electron chi connectivity index (χ2n) is 5.27. The molecule has 0 spiro atoms. The molecule has 0 amide bonds. The van der Waals surface area contributed by atoms with Crippen molar-refractivity contribution >= 4 is 0 Å². The van der Waals surface area contributed by atoms with Crippen molar-refractivity contribution in [2.75, 3.05) is 32.7 Å². The molecule has 1 N–H and O–H groups in total. The minimum atomic E-state index is 0.840. The predicted molar refractivity (Wildman–Crippen MR) is 67.2 cm³/mol. The normalized spacial score (nSPS) is 19.0. The van der Waals surface area contributed by atoms with Crippen molar-refractivity contribution in [1.82, 2.24) is 10.2 Å². The lowest BCUT2D eigenvalue weighted by Crippen LogP contribution is -2.36. The minimum Gasteiger partial charge on any atom is -0.317 e. The van der Waals surface area contributed by atoms with Crippen LogP contribution in [0.3, 0.4) is 0 Å². The van der Waals surface area contributed by atoms with Gasteiger partial charge in [-0.1, -0.05) is 20.8 Å². The van der Waals surface area contributed by atoms with Crippen LogP contribution in [-0.2, 0) is 0 Å². The van der Waals surface area contributed by atoms with E-state index in [1.165, 1.54) is 52.0 Å². The van der Waals surface area contributed by atoms with E-state index in [0.717, 1.165) is 11.8 Å². The molecule has 0 bridgehead atoms. The van der Waals surface area contributed by atoms with Crippen LogP contribution in [0.2, 0.25) is 0 Å².